The van der Waals surface area contributed by atoms with Gasteiger partial charge in [-0.2, -0.15) is 0 Å². The van der Waals surface area contributed by atoms with Crippen molar-refractivity contribution in [2.24, 2.45) is 0 Å². The summed E-state index contributed by atoms with van der Waals surface area (Å²) in [7, 11) is 0. The first-order chi connectivity index (χ1) is 8.86. The smallest absolute Gasteiger partial charge is 0.345 e. The highest BCUT2D eigenvalue weighted by Gasteiger charge is 2.23. The molecule has 0 bridgehead atoms. The molecule has 0 amide bonds. The second kappa shape index (κ2) is 6.22. The largest absolute Gasteiger partial charge is 0.479 e. The first-order valence-electron chi connectivity index (χ1n) is 6.17. The van der Waals surface area contributed by atoms with Gasteiger partial charge < -0.3 is 15.6 Å². The maximum Gasteiger partial charge on any atom is 0.345 e. The van der Waals surface area contributed by atoms with E-state index >= 15 is 0 Å². The summed E-state index contributed by atoms with van der Waals surface area (Å²) in [6, 6.07) is 3.30. The Morgan fingerprint density at radius 1 is 1.32 bits per heavy atom. The molecule has 1 atom stereocenters. The van der Waals surface area contributed by atoms with Crippen LogP contribution in [-0.4, -0.2) is 23.1 Å². The predicted molar refractivity (Wildman–Crippen MR) is 72.1 cm³/mol. The van der Waals surface area contributed by atoms with Gasteiger partial charge >= 0.3 is 11.9 Å². The maximum absolute atomic E-state index is 12.0. The molecule has 0 radical (unpaired) electrons. The topological polar surface area (TPSA) is 89.6 Å². The van der Waals surface area contributed by atoms with Gasteiger partial charge in [-0.3, -0.25) is 0 Å². The summed E-state index contributed by atoms with van der Waals surface area (Å²) in [5.74, 6) is -1.78. The van der Waals surface area contributed by atoms with Crippen LogP contribution in [0, 0.1) is 13.8 Å². The number of anilines is 1. The van der Waals surface area contributed by atoms with Gasteiger partial charge in [-0.25, -0.2) is 9.59 Å². The van der Waals surface area contributed by atoms with Crippen LogP contribution in [0.3, 0.4) is 0 Å². The number of ether oxygens (including phenoxy) is 1. The molecular formula is C14H19NO4. The summed E-state index contributed by atoms with van der Waals surface area (Å²) >= 11 is 0. The molecule has 5 heteroatoms. The van der Waals surface area contributed by atoms with Crippen LogP contribution in [0.1, 0.15) is 41.3 Å². The van der Waals surface area contributed by atoms with E-state index in [1.165, 1.54) is 6.07 Å². The number of nitrogens with two attached hydrogens (primary N) is 1. The molecule has 0 spiro atoms. The molecule has 0 aliphatic heterocycles. The Kier molecular flexibility index (Phi) is 4.92. The molecule has 0 saturated carbocycles. The molecule has 1 unspecified atom stereocenters. The number of carbonyl (C=O) groups is 2. The van der Waals surface area contributed by atoms with Crippen molar-refractivity contribution in [2.75, 3.05) is 5.73 Å². The first-order valence-corrected chi connectivity index (χ1v) is 6.17. The van der Waals surface area contributed by atoms with Crippen LogP contribution in [-0.2, 0) is 9.53 Å². The van der Waals surface area contributed by atoms with Crippen molar-refractivity contribution in [3.63, 3.8) is 0 Å². The molecule has 0 aromatic heterocycles. The van der Waals surface area contributed by atoms with E-state index in [0.717, 1.165) is 11.1 Å². The van der Waals surface area contributed by atoms with Gasteiger partial charge in [0.1, 0.15) is 0 Å². The van der Waals surface area contributed by atoms with Crippen LogP contribution in [0.4, 0.5) is 5.69 Å². The SMILES string of the molecule is CCCC(OC(=O)c1cc(N)c(C)cc1C)C(=O)O. The summed E-state index contributed by atoms with van der Waals surface area (Å²) < 4.78 is 5.02. The molecule has 0 aliphatic carbocycles. The van der Waals surface area contributed by atoms with Gasteiger partial charge in [0.05, 0.1) is 5.56 Å². The van der Waals surface area contributed by atoms with E-state index in [4.69, 9.17) is 15.6 Å². The minimum absolute atomic E-state index is 0.293. The highest BCUT2D eigenvalue weighted by Crippen LogP contribution is 2.19. The van der Waals surface area contributed by atoms with Gasteiger partial charge in [0.15, 0.2) is 6.10 Å². The normalized spacial score (nSPS) is 11.9. The Morgan fingerprint density at radius 2 is 1.95 bits per heavy atom. The highest BCUT2D eigenvalue weighted by atomic mass is 16.6. The third-order valence-electron chi connectivity index (χ3n) is 2.91. The number of esters is 1. The fourth-order valence-electron chi connectivity index (χ4n) is 1.78. The van der Waals surface area contributed by atoms with Gasteiger partial charge in [-0.15, -0.1) is 0 Å². The van der Waals surface area contributed by atoms with Gasteiger partial charge in [0, 0.05) is 5.69 Å². The van der Waals surface area contributed by atoms with Crippen LogP contribution in [0.25, 0.3) is 0 Å². The standard InChI is InChI=1S/C14H19NO4/c1-4-5-12(13(16)17)19-14(18)10-7-11(15)9(3)6-8(10)2/h6-7,12H,4-5,15H2,1-3H3,(H,16,17). The van der Waals surface area contributed by atoms with Crippen LogP contribution in [0.5, 0.6) is 0 Å². The third kappa shape index (κ3) is 3.71. The molecule has 1 aromatic rings. The number of carbonyl (C=O) groups excluding carboxylic acids is 1. The molecule has 0 fully saturated rings. The second-order valence-corrected chi connectivity index (χ2v) is 4.54. The molecule has 1 rings (SSSR count). The van der Waals surface area contributed by atoms with Crippen molar-refractivity contribution in [2.45, 2.75) is 39.7 Å². The number of hydrogen-bond acceptors (Lipinski definition) is 4. The van der Waals surface area contributed by atoms with Gasteiger partial charge in [-0.1, -0.05) is 19.4 Å². The van der Waals surface area contributed by atoms with E-state index in [1.807, 2.05) is 13.8 Å². The van der Waals surface area contributed by atoms with Crippen LogP contribution >= 0.6 is 0 Å². The number of aliphatic carboxylic acids is 1. The van der Waals surface area contributed by atoms with Crippen molar-refractivity contribution in [1.29, 1.82) is 0 Å². The Bertz CT molecular complexity index is 496. The number of rotatable bonds is 5. The Morgan fingerprint density at radius 3 is 2.47 bits per heavy atom. The second-order valence-electron chi connectivity index (χ2n) is 4.54. The fourth-order valence-corrected chi connectivity index (χ4v) is 1.78. The number of nitrogen functional groups attached to an aromatic ring is 1. The zero-order valence-electron chi connectivity index (χ0n) is 11.4. The van der Waals surface area contributed by atoms with Crippen molar-refractivity contribution in [3.8, 4) is 0 Å². The lowest BCUT2D eigenvalue weighted by molar-refractivity contribution is -0.147. The molecule has 5 nitrogen and oxygen atoms in total. The van der Waals surface area contributed by atoms with Gasteiger partial charge in [0.25, 0.3) is 0 Å². The number of hydrogen-bond donors (Lipinski definition) is 2. The summed E-state index contributed by atoms with van der Waals surface area (Å²) in [4.78, 5) is 22.9. The Balaban J connectivity index is 2.94. The molecule has 0 heterocycles. The fraction of sp³-hybridized carbons (Fsp3) is 0.429. The van der Waals surface area contributed by atoms with Crippen molar-refractivity contribution in [3.05, 3.63) is 28.8 Å². The minimum atomic E-state index is -1.13. The molecule has 19 heavy (non-hydrogen) atoms. The Labute approximate surface area is 112 Å². The third-order valence-corrected chi connectivity index (χ3v) is 2.91. The van der Waals surface area contributed by atoms with Crippen molar-refractivity contribution in [1.82, 2.24) is 0 Å². The number of aryl methyl sites for hydroxylation is 2. The van der Waals surface area contributed by atoms with E-state index in [1.54, 1.807) is 13.0 Å². The average molecular weight is 265 g/mol. The minimum Gasteiger partial charge on any atom is -0.479 e. The molecule has 1 aromatic carbocycles. The van der Waals surface area contributed by atoms with E-state index < -0.39 is 18.0 Å². The molecular weight excluding hydrogens is 246 g/mol. The van der Waals surface area contributed by atoms with Crippen molar-refractivity contribution >= 4 is 17.6 Å². The lowest BCUT2D eigenvalue weighted by Crippen LogP contribution is -2.27. The van der Waals surface area contributed by atoms with Crippen LogP contribution in [0.15, 0.2) is 12.1 Å². The van der Waals surface area contributed by atoms with Crippen LogP contribution < -0.4 is 5.73 Å². The molecule has 0 aliphatic rings. The number of benzene rings is 1. The highest BCUT2D eigenvalue weighted by molar-refractivity contribution is 5.93. The zero-order chi connectivity index (χ0) is 14.6. The summed E-state index contributed by atoms with van der Waals surface area (Å²) in [6.45, 7) is 5.44. The Hall–Kier alpha value is -2.04. The summed E-state index contributed by atoms with van der Waals surface area (Å²) in [5, 5.41) is 8.97. The van der Waals surface area contributed by atoms with Crippen LogP contribution in [0.2, 0.25) is 0 Å². The summed E-state index contributed by atoms with van der Waals surface area (Å²) in [6.07, 6.45) is -0.194. The van der Waals surface area contributed by atoms with Gasteiger partial charge in [-0.05, 0) is 37.5 Å². The summed E-state index contributed by atoms with van der Waals surface area (Å²) in [5.41, 5.74) is 8.14. The number of carboxylic acids is 1. The lowest BCUT2D eigenvalue weighted by atomic mass is 10.0. The molecule has 0 saturated heterocycles. The van der Waals surface area contributed by atoms with E-state index in [9.17, 15) is 9.59 Å². The first kappa shape index (κ1) is 15.0. The zero-order valence-corrected chi connectivity index (χ0v) is 11.4. The van der Waals surface area contributed by atoms with E-state index in [2.05, 4.69) is 0 Å². The van der Waals surface area contributed by atoms with E-state index in [0.29, 0.717) is 24.1 Å². The van der Waals surface area contributed by atoms with Gasteiger partial charge in [0.2, 0.25) is 0 Å². The quantitative estimate of drug-likeness (QED) is 0.629. The predicted octanol–water partition coefficient (Wildman–Crippen LogP) is 2.30. The van der Waals surface area contributed by atoms with Crippen molar-refractivity contribution < 1.29 is 19.4 Å². The maximum atomic E-state index is 12.0. The average Bonchev–Trinajstić information content (AvgIpc) is 2.32. The monoisotopic (exact) mass is 265 g/mol. The number of carboxylic acid groups (broad SMARTS) is 1. The van der Waals surface area contributed by atoms with E-state index in [-0.39, 0.29) is 0 Å². The molecule has 104 valence electrons. The lowest BCUT2D eigenvalue weighted by Gasteiger charge is -2.14. The molecule has 3 N–H and O–H groups in total.